The third kappa shape index (κ3) is 2.82. The zero-order chi connectivity index (χ0) is 14.7. The molecule has 3 aromatic carbocycles. The molecule has 3 heteroatoms. The third-order valence-electron chi connectivity index (χ3n) is 3.34. The summed E-state index contributed by atoms with van der Waals surface area (Å²) in [6.07, 6.45) is 1.61. The van der Waals surface area contributed by atoms with Gasteiger partial charge in [0.2, 0.25) is 0 Å². The minimum Gasteiger partial charge on any atom is -0.258 e. The Bertz CT molecular complexity index is 823. The summed E-state index contributed by atoms with van der Waals surface area (Å²) in [7, 11) is 0. The highest BCUT2D eigenvalue weighted by Gasteiger charge is 2.13. The van der Waals surface area contributed by atoms with Gasteiger partial charge in [-0.05, 0) is 34.5 Å². The van der Waals surface area contributed by atoms with E-state index in [9.17, 15) is 10.1 Å². The van der Waals surface area contributed by atoms with Crippen molar-refractivity contribution in [2.45, 2.75) is 0 Å². The zero-order valence-corrected chi connectivity index (χ0v) is 11.3. The first-order valence-electron chi connectivity index (χ1n) is 6.64. The summed E-state index contributed by atoms with van der Waals surface area (Å²) >= 11 is 0. The van der Waals surface area contributed by atoms with Crippen LogP contribution in [0.5, 0.6) is 0 Å². The van der Waals surface area contributed by atoms with E-state index >= 15 is 0 Å². The van der Waals surface area contributed by atoms with Crippen molar-refractivity contribution in [1.29, 1.82) is 0 Å². The molecule has 0 radical (unpaired) electrons. The fraction of sp³-hybridized carbons (Fsp3) is 0. The standard InChI is InChI=1S/C18H13NO2/c20-19(21)18(16-7-2-1-3-8-16)13-14-10-11-15-6-4-5-9-17(15)12-14/h1-13H/b18-13+. The lowest BCUT2D eigenvalue weighted by molar-refractivity contribution is -0.374. The molecule has 0 unspecified atom stereocenters. The van der Waals surface area contributed by atoms with Crippen molar-refractivity contribution in [3.63, 3.8) is 0 Å². The molecule has 0 atom stereocenters. The first kappa shape index (κ1) is 13.1. The van der Waals surface area contributed by atoms with E-state index in [4.69, 9.17) is 0 Å². The van der Waals surface area contributed by atoms with Crippen molar-refractivity contribution in [1.82, 2.24) is 0 Å². The van der Waals surface area contributed by atoms with Crippen LogP contribution in [0.3, 0.4) is 0 Å². The molecule has 0 saturated carbocycles. The number of nitro groups is 1. The Morgan fingerprint density at radius 2 is 1.52 bits per heavy atom. The maximum Gasteiger partial charge on any atom is 0.277 e. The lowest BCUT2D eigenvalue weighted by Crippen LogP contribution is -1.97. The number of nitrogens with zero attached hydrogens (tertiary/aromatic N) is 1. The normalized spacial score (nSPS) is 11.5. The average molecular weight is 275 g/mol. The lowest BCUT2D eigenvalue weighted by atomic mass is 10.0. The van der Waals surface area contributed by atoms with Crippen molar-refractivity contribution in [3.05, 3.63) is 94.0 Å². The van der Waals surface area contributed by atoms with E-state index in [1.165, 1.54) is 0 Å². The van der Waals surface area contributed by atoms with Gasteiger partial charge in [0, 0.05) is 6.08 Å². The number of fused-ring (bicyclic) bond motifs is 1. The summed E-state index contributed by atoms with van der Waals surface area (Å²) in [5.41, 5.74) is 1.53. The predicted octanol–water partition coefficient (Wildman–Crippen LogP) is 4.61. The molecular formula is C18H13NO2. The van der Waals surface area contributed by atoms with Gasteiger partial charge in [0.15, 0.2) is 0 Å². The van der Waals surface area contributed by atoms with Crippen LogP contribution in [0.25, 0.3) is 22.5 Å². The van der Waals surface area contributed by atoms with Crippen LogP contribution in [-0.2, 0) is 0 Å². The molecule has 0 spiro atoms. The number of hydrogen-bond donors (Lipinski definition) is 0. The van der Waals surface area contributed by atoms with Crippen molar-refractivity contribution >= 4 is 22.5 Å². The summed E-state index contributed by atoms with van der Waals surface area (Å²) in [5, 5.41) is 13.5. The Kier molecular flexibility index (Phi) is 3.48. The molecule has 3 rings (SSSR count). The monoisotopic (exact) mass is 275 g/mol. The molecule has 0 aliphatic heterocycles. The van der Waals surface area contributed by atoms with Gasteiger partial charge < -0.3 is 0 Å². The Hall–Kier alpha value is -2.94. The van der Waals surface area contributed by atoms with Gasteiger partial charge in [-0.1, -0.05) is 54.6 Å². The van der Waals surface area contributed by atoms with Crippen LogP contribution in [0, 0.1) is 10.1 Å². The minimum absolute atomic E-state index is 0.103. The quantitative estimate of drug-likeness (QED) is 0.398. The SMILES string of the molecule is O=[N+]([O-])/C(=C/c1ccc2ccccc2c1)c1ccccc1. The Morgan fingerprint density at radius 3 is 2.24 bits per heavy atom. The highest BCUT2D eigenvalue weighted by molar-refractivity contribution is 5.87. The second-order valence-electron chi connectivity index (χ2n) is 4.76. The van der Waals surface area contributed by atoms with Gasteiger partial charge in [-0.15, -0.1) is 0 Å². The van der Waals surface area contributed by atoms with E-state index in [0.717, 1.165) is 16.3 Å². The molecule has 0 aliphatic carbocycles. The summed E-state index contributed by atoms with van der Waals surface area (Å²) in [6.45, 7) is 0. The molecule has 3 nitrogen and oxygen atoms in total. The van der Waals surface area contributed by atoms with Gasteiger partial charge in [0.1, 0.15) is 0 Å². The van der Waals surface area contributed by atoms with Crippen LogP contribution in [0.15, 0.2) is 72.8 Å². The van der Waals surface area contributed by atoms with Crippen molar-refractivity contribution < 1.29 is 4.92 Å². The topological polar surface area (TPSA) is 43.1 Å². The summed E-state index contributed by atoms with van der Waals surface area (Å²) < 4.78 is 0. The van der Waals surface area contributed by atoms with Gasteiger partial charge in [-0.3, -0.25) is 10.1 Å². The molecular weight excluding hydrogens is 262 g/mol. The fourth-order valence-electron chi connectivity index (χ4n) is 2.31. The second kappa shape index (κ2) is 5.59. The molecule has 0 saturated heterocycles. The van der Waals surface area contributed by atoms with Crippen molar-refractivity contribution in [3.8, 4) is 0 Å². The van der Waals surface area contributed by atoms with Gasteiger partial charge >= 0.3 is 0 Å². The van der Waals surface area contributed by atoms with Crippen molar-refractivity contribution in [2.24, 2.45) is 0 Å². The molecule has 0 N–H and O–H groups in total. The molecule has 3 aromatic rings. The molecule has 0 fully saturated rings. The molecule has 0 aliphatic rings. The molecule has 102 valence electrons. The van der Waals surface area contributed by atoms with Gasteiger partial charge in [0.25, 0.3) is 5.70 Å². The summed E-state index contributed by atoms with van der Waals surface area (Å²) in [6, 6.07) is 22.7. The van der Waals surface area contributed by atoms with E-state index in [1.807, 2.05) is 48.5 Å². The van der Waals surface area contributed by atoms with Crippen LogP contribution in [0.2, 0.25) is 0 Å². The first-order chi connectivity index (χ1) is 10.2. The molecule has 0 aromatic heterocycles. The number of rotatable bonds is 3. The van der Waals surface area contributed by atoms with E-state index in [0.29, 0.717) is 5.56 Å². The highest BCUT2D eigenvalue weighted by Crippen LogP contribution is 2.21. The number of benzene rings is 3. The summed E-state index contributed by atoms with van der Waals surface area (Å²) in [5.74, 6) is 0. The summed E-state index contributed by atoms with van der Waals surface area (Å²) in [4.78, 5) is 11.0. The molecule has 0 heterocycles. The molecule has 0 amide bonds. The minimum atomic E-state index is -0.343. The van der Waals surface area contributed by atoms with Crippen molar-refractivity contribution in [2.75, 3.05) is 0 Å². The maximum absolute atomic E-state index is 11.3. The fourth-order valence-corrected chi connectivity index (χ4v) is 2.31. The highest BCUT2D eigenvalue weighted by atomic mass is 16.6. The van der Waals surface area contributed by atoms with E-state index in [-0.39, 0.29) is 10.6 Å². The average Bonchev–Trinajstić information content (AvgIpc) is 2.53. The largest absolute Gasteiger partial charge is 0.277 e. The van der Waals surface area contributed by atoms with E-state index < -0.39 is 0 Å². The zero-order valence-electron chi connectivity index (χ0n) is 11.3. The van der Waals surface area contributed by atoms with Crippen LogP contribution in [0.4, 0.5) is 0 Å². The Balaban J connectivity index is 2.09. The molecule has 21 heavy (non-hydrogen) atoms. The molecule has 0 bridgehead atoms. The van der Waals surface area contributed by atoms with Crippen LogP contribution < -0.4 is 0 Å². The Labute approximate surface area is 122 Å². The van der Waals surface area contributed by atoms with Gasteiger partial charge in [-0.2, -0.15) is 0 Å². The van der Waals surface area contributed by atoms with E-state index in [1.54, 1.807) is 30.3 Å². The number of hydrogen-bond acceptors (Lipinski definition) is 2. The third-order valence-corrected chi connectivity index (χ3v) is 3.34. The maximum atomic E-state index is 11.3. The van der Waals surface area contributed by atoms with E-state index in [2.05, 4.69) is 0 Å². The predicted molar refractivity (Wildman–Crippen MR) is 85.3 cm³/mol. The van der Waals surface area contributed by atoms with Gasteiger partial charge in [-0.25, -0.2) is 0 Å². The smallest absolute Gasteiger partial charge is 0.258 e. The van der Waals surface area contributed by atoms with Gasteiger partial charge in [0.05, 0.1) is 10.5 Å². The van der Waals surface area contributed by atoms with Crippen LogP contribution in [0.1, 0.15) is 11.1 Å². The van der Waals surface area contributed by atoms with Crippen LogP contribution in [-0.4, -0.2) is 4.92 Å². The lowest BCUT2D eigenvalue weighted by Gasteiger charge is -2.01. The van der Waals surface area contributed by atoms with Crippen LogP contribution >= 0.6 is 0 Å². The first-order valence-corrected chi connectivity index (χ1v) is 6.64. The second-order valence-corrected chi connectivity index (χ2v) is 4.76. The Morgan fingerprint density at radius 1 is 0.857 bits per heavy atom.